The zero-order valence-corrected chi connectivity index (χ0v) is 13.9. The van der Waals surface area contributed by atoms with E-state index in [1.165, 1.54) is 5.56 Å². The molecular weight excluding hydrogens is 290 g/mol. The number of likely N-dealkylation sites (N-methyl/N-ethyl adjacent to an activating group) is 1. The van der Waals surface area contributed by atoms with Crippen molar-refractivity contribution in [1.29, 1.82) is 0 Å². The number of phenols is 1. The summed E-state index contributed by atoms with van der Waals surface area (Å²) in [7, 11) is 5.51. The molecule has 1 aliphatic heterocycles. The number of hydrogen-bond donors (Lipinski definition) is 1. The van der Waals surface area contributed by atoms with Gasteiger partial charge in [-0.1, -0.05) is 12.1 Å². The summed E-state index contributed by atoms with van der Waals surface area (Å²) < 4.78 is 10.9. The SMILES string of the molecule is COC1=C[C@]23CCN(C)C(Cc4ccc(OC)c(O)c42)C3C=C1. The second kappa shape index (κ2) is 5.03. The third kappa shape index (κ3) is 1.88. The Bertz CT molecular complexity index is 709. The molecule has 0 aromatic heterocycles. The lowest BCUT2D eigenvalue weighted by Crippen LogP contribution is -2.58. The first-order chi connectivity index (χ1) is 11.1. The number of piperidine rings is 1. The zero-order valence-electron chi connectivity index (χ0n) is 13.9. The molecule has 3 atom stereocenters. The van der Waals surface area contributed by atoms with Gasteiger partial charge < -0.3 is 19.5 Å². The summed E-state index contributed by atoms with van der Waals surface area (Å²) in [6.45, 7) is 1.01. The van der Waals surface area contributed by atoms with E-state index in [0.717, 1.165) is 30.7 Å². The Morgan fingerprint density at radius 1 is 1.26 bits per heavy atom. The van der Waals surface area contributed by atoms with Crippen molar-refractivity contribution < 1.29 is 14.6 Å². The molecule has 2 unspecified atom stereocenters. The smallest absolute Gasteiger partial charge is 0.162 e. The van der Waals surface area contributed by atoms with Gasteiger partial charge in [0.25, 0.3) is 0 Å². The van der Waals surface area contributed by atoms with Gasteiger partial charge in [-0.2, -0.15) is 0 Å². The van der Waals surface area contributed by atoms with E-state index in [-0.39, 0.29) is 5.41 Å². The number of phenolic OH excluding ortho intramolecular Hbond substituents is 1. The largest absolute Gasteiger partial charge is 0.504 e. The number of fused-ring (bicyclic) bond motifs is 1. The molecule has 2 aliphatic carbocycles. The highest BCUT2D eigenvalue weighted by Crippen LogP contribution is 2.56. The minimum absolute atomic E-state index is 0.205. The van der Waals surface area contributed by atoms with Crippen LogP contribution in [0.5, 0.6) is 11.5 Å². The summed E-state index contributed by atoms with van der Waals surface area (Å²) in [6.07, 6.45) is 8.47. The molecule has 3 aliphatic rings. The number of aromatic hydroxyl groups is 1. The van der Waals surface area contributed by atoms with Crippen LogP contribution in [0.1, 0.15) is 17.5 Å². The maximum absolute atomic E-state index is 10.9. The number of allylic oxidation sites excluding steroid dienone is 2. The second-order valence-corrected chi connectivity index (χ2v) is 6.83. The van der Waals surface area contributed by atoms with Gasteiger partial charge in [0.05, 0.1) is 14.2 Å². The van der Waals surface area contributed by atoms with Crippen LogP contribution in [0.25, 0.3) is 0 Å². The third-order valence-corrected chi connectivity index (χ3v) is 5.90. The predicted octanol–water partition coefficient (Wildman–Crippen LogP) is 2.62. The Balaban J connectivity index is 1.98. The Labute approximate surface area is 137 Å². The molecule has 0 amide bonds. The third-order valence-electron chi connectivity index (χ3n) is 5.90. The van der Waals surface area contributed by atoms with Crippen LogP contribution >= 0.6 is 0 Å². The number of hydrogen-bond acceptors (Lipinski definition) is 4. The number of rotatable bonds is 2. The van der Waals surface area contributed by atoms with Gasteiger partial charge in [-0.15, -0.1) is 0 Å². The van der Waals surface area contributed by atoms with Crippen LogP contribution < -0.4 is 4.74 Å². The zero-order chi connectivity index (χ0) is 16.2. The Kier molecular flexibility index (Phi) is 3.20. The monoisotopic (exact) mass is 313 g/mol. The molecule has 4 rings (SSSR count). The van der Waals surface area contributed by atoms with E-state index in [1.807, 2.05) is 6.07 Å². The minimum atomic E-state index is -0.205. The average molecular weight is 313 g/mol. The van der Waals surface area contributed by atoms with Crippen molar-refractivity contribution in [3.05, 3.63) is 47.2 Å². The van der Waals surface area contributed by atoms with Gasteiger partial charge in [-0.25, -0.2) is 0 Å². The Hall–Kier alpha value is -1.94. The summed E-state index contributed by atoms with van der Waals surface area (Å²) in [4.78, 5) is 2.45. The van der Waals surface area contributed by atoms with Gasteiger partial charge in [0.2, 0.25) is 0 Å². The van der Waals surface area contributed by atoms with Crippen LogP contribution in [0.2, 0.25) is 0 Å². The van der Waals surface area contributed by atoms with Crippen LogP contribution in [0.3, 0.4) is 0 Å². The molecule has 2 bridgehead atoms. The van der Waals surface area contributed by atoms with Gasteiger partial charge in [-0.05, 0) is 50.2 Å². The number of likely N-dealkylation sites (tertiary alicyclic amines) is 1. The van der Waals surface area contributed by atoms with E-state index < -0.39 is 0 Å². The number of ether oxygens (including phenoxy) is 2. The van der Waals surface area contributed by atoms with Crippen molar-refractivity contribution in [3.63, 3.8) is 0 Å². The molecule has 1 fully saturated rings. The van der Waals surface area contributed by atoms with E-state index in [1.54, 1.807) is 14.2 Å². The molecule has 1 aromatic carbocycles. The topological polar surface area (TPSA) is 41.9 Å². The highest BCUT2D eigenvalue weighted by molar-refractivity contribution is 5.59. The normalized spacial score (nSPS) is 31.9. The molecule has 1 N–H and O–H groups in total. The molecule has 0 radical (unpaired) electrons. The second-order valence-electron chi connectivity index (χ2n) is 6.83. The lowest BCUT2D eigenvalue weighted by molar-refractivity contribution is 0.0745. The number of benzene rings is 1. The highest BCUT2D eigenvalue weighted by Gasteiger charge is 2.53. The average Bonchev–Trinajstić information content (AvgIpc) is 2.57. The van der Waals surface area contributed by atoms with Crippen molar-refractivity contribution in [3.8, 4) is 11.5 Å². The highest BCUT2D eigenvalue weighted by atomic mass is 16.5. The van der Waals surface area contributed by atoms with Crippen LogP contribution in [0.4, 0.5) is 0 Å². The van der Waals surface area contributed by atoms with Gasteiger partial charge >= 0.3 is 0 Å². The fraction of sp³-hybridized carbons (Fsp3) is 0.474. The molecule has 1 aromatic rings. The lowest BCUT2D eigenvalue weighted by Gasteiger charge is -2.55. The first kappa shape index (κ1) is 14.6. The van der Waals surface area contributed by atoms with E-state index in [2.05, 4.69) is 36.2 Å². The lowest BCUT2D eigenvalue weighted by atomic mass is 9.55. The standard InChI is InChI=1S/C19H23NO3/c1-20-9-8-19-11-13(22-2)5-6-14(19)15(20)10-12-4-7-16(23-3)18(21)17(12)19/h4-7,11,14-15,21H,8-10H2,1-3H3/t14?,15?,19-/m0/s1. The van der Waals surface area contributed by atoms with Gasteiger partial charge in [-0.3, -0.25) is 0 Å². The van der Waals surface area contributed by atoms with E-state index >= 15 is 0 Å². The van der Waals surface area contributed by atoms with E-state index in [4.69, 9.17) is 9.47 Å². The fourth-order valence-electron chi connectivity index (χ4n) is 4.75. The van der Waals surface area contributed by atoms with Crippen molar-refractivity contribution in [2.24, 2.45) is 5.92 Å². The molecule has 23 heavy (non-hydrogen) atoms. The summed E-state index contributed by atoms with van der Waals surface area (Å²) in [5, 5.41) is 10.9. The maximum atomic E-state index is 10.9. The molecule has 122 valence electrons. The van der Waals surface area contributed by atoms with E-state index in [0.29, 0.717) is 23.5 Å². The van der Waals surface area contributed by atoms with Crippen molar-refractivity contribution >= 4 is 0 Å². The van der Waals surface area contributed by atoms with Crippen LogP contribution in [-0.4, -0.2) is 43.9 Å². The van der Waals surface area contributed by atoms with Crippen LogP contribution in [0, 0.1) is 5.92 Å². The van der Waals surface area contributed by atoms with E-state index in [9.17, 15) is 5.11 Å². The summed E-state index contributed by atoms with van der Waals surface area (Å²) in [6, 6.07) is 4.44. The molecule has 0 saturated carbocycles. The quantitative estimate of drug-likeness (QED) is 0.911. The predicted molar refractivity (Wildman–Crippen MR) is 88.8 cm³/mol. The van der Waals surface area contributed by atoms with Gasteiger partial charge in [0, 0.05) is 22.9 Å². The summed E-state index contributed by atoms with van der Waals surface area (Å²) in [5.41, 5.74) is 2.05. The number of nitrogens with zero attached hydrogens (tertiary/aromatic N) is 1. The summed E-state index contributed by atoms with van der Waals surface area (Å²) in [5.74, 6) is 2.07. The molecule has 0 spiro atoms. The Morgan fingerprint density at radius 3 is 2.83 bits per heavy atom. The molecule has 4 heteroatoms. The first-order valence-corrected chi connectivity index (χ1v) is 8.15. The first-order valence-electron chi connectivity index (χ1n) is 8.15. The van der Waals surface area contributed by atoms with Crippen molar-refractivity contribution in [2.75, 3.05) is 27.8 Å². The van der Waals surface area contributed by atoms with Crippen LogP contribution in [0.15, 0.2) is 36.1 Å². The molecule has 4 nitrogen and oxygen atoms in total. The Morgan fingerprint density at radius 2 is 2.09 bits per heavy atom. The maximum Gasteiger partial charge on any atom is 0.162 e. The molecule has 1 heterocycles. The fourth-order valence-corrected chi connectivity index (χ4v) is 4.75. The number of methoxy groups -OCH3 is 2. The van der Waals surface area contributed by atoms with Crippen LogP contribution in [-0.2, 0) is 16.6 Å². The van der Waals surface area contributed by atoms with Crippen molar-refractivity contribution in [2.45, 2.75) is 24.3 Å². The summed E-state index contributed by atoms with van der Waals surface area (Å²) >= 11 is 0. The van der Waals surface area contributed by atoms with Gasteiger partial charge in [0.15, 0.2) is 11.5 Å². The molecular formula is C19H23NO3. The van der Waals surface area contributed by atoms with Crippen molar-refractivity contribution in [1.82, 2.24) is 4.90 Å². The van der Waals surface area contributed by atoms with Gasteiger partial charge in [0.1, 0.15) is 5.76 Å². The molecule has 1 saturated heterocycles. The minimum Gasteiger partial charge on any atom is -0.504 e.